The maximum absolute atomic E-state index is 14.1. The van der Waals surface area contributed by atoms with Crippen molar-refractivity contribution in [2.45, 2.75) is 28.5 Å². The molecule has 4 amide bonds. The Labute approximate surface area is 273 Å². The van der Waals surface area contributed by atoms with Crippen LogP contribution in [-0.4, -0.2) is 72.1 Å². The number of hydrogen-bond donors (Lipinski definition) is 3. The molecule has 6 atom stereocenters. The number of carboxylic acids is 1. The highest BCUT2D eigenvalue weighted by molar-refractivity contribution is 9.09. The molecule has 0 aromatic heterocycles. The van der Waals surface area contributed by atoms with Gasteiger partial charge in [-0.3, -0.25) is 24.1 Å². The number of carbonyl (C=O) groups excluding carboxylic acids is 4. The Morgan fingerprint density at radius 2 is 1.77 bits per heavy atom. The Morgan fingerprint density at radius 1 is 1.07 bits per heavy atom. The minimum Gasteiger partial charge on any atom is -0.507 e. The summed E-state index contributed by atoms with van der Waals surface area (Å²) in [6.45, 7) is 0. The maximum Gasteiger partial charge on any atom is 0.339 e. The zero-order chi connectivity index (χ0) is 32.0. The molecule has 0 radical (unpaired) electrons. The molecular formula is C29H22BrCl3N2O9. The van der Waals surface area contributed by atoms with Gasteiger partial charge in [0.15, 0.2) is 21.2 Å². The van der Waals surface area contributed by atoms with Gasteiger partial charge < -0.3 is 20.1 Å². The molecular weight excluding hydrogens is 707 g/mol. The van der Waals surface area contributed by atoms with Gasteiger partial charge in [0.05, 0.1) is 35.1 Å². The van der Waals surface area contributed by atoms with Gasteiger partial charge in [-0.2, -0.15) is 0 Å². The molecule has 3 N–H and O–H groups in total. The SMILES string of the molecule is COc1cc([C@H]2C3=CC[C@@H]4C(=O)N(c5ccc(C(=O)O)c(O)c5)C(=O)[C@@H]4[C@@H]3C[C@@]3(Cl)C(=O)N(CBr)C(=O)[C@@]23Cl)cc(Cl)c1O. The number of likely N-dealkylation sites (tertiary alicyclic amines) is 1. The second-order valence-corrected chi connectivity index (χ2v) is 13.2. The van der Waals surface area contributed by atoms with Crippen LogP contribution >= 0.6 is 50.7 Å². The van der Waals surface area contributed by atoms with Crippen LogP contribution in [0.1, 0.15) is 34.7 Å². The van der Waals surface area contributed by atoms with Crippen LogP contribution in [0.3, 0.4) is 0 Å². The highest BCUT2D eigenvalue weighted by Gasteiger charge is 2.76. The quantitative estimate of drug-likeness (QED) is 0.176. The summed E-state index contributed by atoms with van der Waals surface area (Å²) in [6.07, 6.45) is 1.54. The fraction of sp³-hybridized carbons (Fsp3) is 0.345. The number of phenolic OH excluding ortho intramolecular Hbond substituents is 1. The Hall–Kier alpha value is -3.32. The van der Waals surface area contributed by atoms with Crippen molar-refractivity contribution in [3.63, 3.8) is 0 Å². The number of nitrogens with zero attached hydrogens (tertiary/aromatic N) is 2. The van der Waals surface area contributed by atoms with E-state index in [0.29, 0.717) is 11.1 Å². The normalized spacial score (nSPS) is 31.1. The molecule has 15 heteroatoms. The molecule has 0 bridgehead atoms. The number of carbonyl (C=O) groups is 5. The molecule has 1 saturated carbocycles. The first kappa shape index (κ1) is 30.7. The van der Waals surface area contributed by atoms with Crippen LogP contribution in [0.5, 0.6) is 17.2 Å². The van der Waals surface area contributed by atoms with Gasteiger partial charge in [-0.15, -0.1) is 23.2 Å². The molecule has 0 unspecified atom stereocenters. The number of halogens is 4. The first-order chi connectivity index (χ1) is 20.7. The largest absolute Gasteiger partial charge is 0.507 e. The van der Waals surface area contributed by atoms with E-state index in [1.54, 1.807) is 6.08 Å². The number of phenols is 2. The number of carboxylic acid groups (broad SMARTS) is 1. The maximum atomic E-state index is 14.1. The van der Waals surface area contributed by atoms with Crippen molar-refractivity contribution in [2.24, 2.45) is 17.8 Å². The molecule has 0 spiro atoms. The van der Waals surface area contributed by atoms with E-state index in [4.69, 9.17) is 39.5 Å². The molecule has 3 fully saturated rings. The van der Waals surface area contributed by atoms with E-state index in [2.05, 4.69) is 15.9 Å². The minimum atomic E-state index is -2.08. The molecule has 2 aliphatic carbocycles. The van der Waals surface area contributed by atoms with Gasteiger partial charge in [0.2, 0.25) is 11.8 Å². The number of allylic oxidation sites excluding steroid dienone is 2. The van der Waals surface area contributed by atoms with Crippen molar-refractivity contribution in [3.8, 4) is 17.2 Å². The summed E-state index contributed by atoms with van der Waals surface area (Å²) in [7, 11) is 1.31. The lowest BCUT2D eigenvalue weighted by Crippen LogP contribution is -2.60. The number of benzene rings is 2. The van der Waals surface area contributed by atoms with Crippen LogP contribution in [0.15, 0.2) is 42.0 Å². The smallest absolute Gasteiger partial charge is 0.339 e. The molecule has 2 aliphatic heterocycles. The van der Waals surface area contributed by atoms with E-state index in [9.17, 15) is 39.3 Å². The fourth-order valence-electron chi connectivity index (χ4n) is 7.14. The minimum absolute atomic E-state index is 0.0225. The van der Waals surface area contributed by atoms with Gasteiger partial charge in [0.25, 0.3) is 11.8 Å². The number of rotatable bonds is 5. The zero-order valence-electron chi connectivity index (χ0n) is 22.6. The first-order valence-corrected chi connectivity index (χ1v) is 15.5. The van der Waals surface area contributed by atoms with Crippen LogP contribution in [0, 0.1) is 17.8 Å². The summed E-state index contributed by atoms with van der Waals surface area (Å²) in [5.41, 5.74) is 0.156. The summed E-state index contributed by atoms with van der Waals surface area (Å²) in [5, 5.41) is 29.8. The van der Waals surface area contributed by atoms with Gasteiger partial charge in [0, 0.05) is 12.0 Å². The third-order valence-corrected chi connectivity index (χ3v) is 11.3. The standard InChI is InChI=1S/C29H22BrCl3N2O9/c1-44-19-7-11(6-17(31)22(19)37)21-13-4-5-15-20(16(13)9-28(32)26(42)34(10-30)27(43)29(21,28)33)24(39)35(23(15)38)12-2-3-14(25(40)41)18(36)8-12/h2-4,6-8,15-16,20-21,36-37H,5,9-10H2,1H3,(H,40,41)/t15-,16+,20-,21-,28+,29-/m0/s1. The number of imide groups is 2. The van der Waals surface area contributed by atoms with Gasteiger partial charge in [-0.25, -0.2) is 9.69 Å². The third kappa shape index (κ3) is 3.90. The number of methoxy groups -OCH3 is 1. The molecule has 2 heterocycles. The lowest BCUT2D eigenvalue weighted by molar-refractivity contribution is -0.138. The molecule has 11 nitrogen and oxygen atoms in total. The van der Waals surface area contributed by atoms with Crippen molar-refractivity contribution in [3.05, 3.63) is 58.1 Å². The molecule has 44 heavy (non-hydrogen) atoms. The monoisotopic (exact) mass is 726 g/mol. The lowest BCUT2D eigenvalue weighted by atomic mass is 9.56. The van der Waals surface area contributed by atoms with Crippen molar-refractivity contribution in [1.29, 1.82) is 0 Å². The Morgan fingerprint density at radius 3 is 2.39 bits per heavy atom. The summed E-state index contributed by atoms with van der Waals surface area (Å²) in [5.74, 6) is -9.05. The number of aromatic hydroxyl groups is 2. The van der Waals surface area contributed by atoms with Crippen LogP contribution in [0.4, 0.5) is 5.69 Å². The number of hydrogen-bond acceptors (Lipinski definition) is 8. The van der Waals surface area contributed by atoms with Crippen LogP contribution in [-0.2, 0) is 19.2 Å². The molecule has 2 aromatic carbocycles. The van der Waals surface area contributed by atoms with Gasteiger partial charge in [0.1, 0.15) is 11.3 Å². The lowest BCUT2D eigenvalue weighted by Gasteiger charge is -2.50. The summed E-state index contributed by atoms with van der Waals surface area (Å²) < 4.78 is 5.29. The van der Waals surface area contributed by atoms with E-state index in [1.807, 2.05) is 0 Å². The third-order valence-electron chi connectivity index (χ3n) is 9.09. The highest BCUT2D eigenvalue weighted by Crippen LogP contribution is 2.66. The Kier molecular flexibility index (Phi) is 7.23. The molecule has 4 aliphatic rings. The highest BCUT2D eigenvalue weighted by atomic mass is 79.9. The number of fused-ring (bicyclic) bond motifs is 4. The van der Waals surface area contributed by atoms with Crippen molar-refractivity contribution in [1.82, 2.24) is 4.90 Å². The molecule has 2 saturated heterocycles. The number of ether oxygens (including phenoxy) is 1. The number of alkyl halides is 3. The summed E-state index contributed by atoms with van der Waals surface area (Å²) in [6, 6.07) is 6.18. The van der Waals surface area contributed by atoms with Gasteiger partial charge in [-0.1, -0.05) is 39.2 Å². The van der Waals surface area contributed by atoms with E-state index < -0.39 is 74.3 Å². The van der Waals surface area contributed by atoms with Crippen LogP contribution < -0.4 is 9.64 Å². The topological polar surface area (TPSA) is 162 Å². The van der Waals surface area contributed by atoms with Crippen molar-refractivity contribution >= 4 is 86.0 Å². The first-order valence-electron chi connectivity index (χ1n) is 13.2. The molecule has 230 valence electrons. The number of amides is 4. The van der Waals surface area contributed by atoms with Crippen LogP contribution in [0.2, 0.25) is 5.02 Å². The van der Waals surface area contributed by atoms with Gasteiger partial charge >= 0.3 is 5.97 Å². The predicted octanol–water partition coefficient (Wildman–Crippen LogP) is 4.37. The number of anilines is 1. The van der Waals surface area contributed by atoms with E-state index in [0.717, 1.165) is 21.9 Å². The average molecular weight is 729 g/mol. The van der Waals surface area contributed by atoms with E-state index in [1.165, 1.54) is 25.3 Å². The Bertz CT molecular complexity index is 1730. The second-order valence-electron chi connectivity index (χ2n) is 11.1. The van der Waals surface area contributed by atoms with Crippen molar-refractivity contribution in [2.75, 3.05) is 17.5 Å². The molecule has 2 aromatic rings. The zero-order valence-corrected chi connectivity index (χ0v) is 26.4. The number of aromatic carboxylic acids is 1. The average Bonchev–Trinajstić information content (AvgIpc) is 3.31. The predicted molar refractivity (Wildman–Crippen MR) is 161 cm³/mol. The van der Waals surface area contributed by atoms with Crippen LogP contribution in [0.25, 0.3) is 0 Å². The Balaban J connectivity index is 1.51. The van der Waals surface area contributed by atoms with Gasteiger partial charge in [-0.05, 0) is 48.6 Å². The van der Waals surface area contributed by atoms with E-state index >= 15 is 0 Å². The summed E-state index contributed by atoms with van der Waals surface area (Å²) in [4.78, 5) is 64.4. The van der Waals surface area contributed by atoms with E-state index in [-0.39, 0.29) is 40.5 Å². The summed E-state index contributed by atoms with van der Waals surface area (Å²) >= 11 is 23.9. The molecule has 6 rings (SSSR count). The fourth-order valence-corrected chi connectivity index (χ4v) is 8.78. The second kappa shape index (κ2) is 10.4. The van der Waals surface area contributed by atoms with Crippen molar-refractivity contribution < 1.29 is 44.0 Å².